The lowest BCUT2D eigenvalue weighted by Crippen LogP contribution is -2.24. The minimum Gasteiger partial charge on any atom is -0.351 e. The van der Waals surface area contributed by atoms with Crippen molar-refractivity contribution in [2.24, 2.45) is 0 Å². The van der Waals surface area contributed by atoms with Gasteiger partial charge in [0.1, 0.15) is 5.01 Å². The molecule has 2 amide bonds. The second kappa shape index (κ2) is 10.2. The topological polar surface area (TPSA) is 84.0 Å². The Balaban J connectivity index is 1.41. The molecule has 28 heavy (non-hydrogen) atoms. The van der Waals surface area contributed by atoms with Crippen LogP contribution in [0.1, 0.15) is 20.4 Å². The van der Waals surface area contributed by atoms with Crippen LogP contribution < -0.4 is 10.6 Å². The lowest BCUT2D eigenvalue weighted by molar-refractivity contribution is -0.118. The van der Waals surface area contributed by atoms with Crippen LogP contribution in [0, 0.1) is 0 Å². The molecule has 6 nitrogen and oxygen atoms in total. The maximum atomic E-state index is 12.2. The number of anilines is 1. The largest absolute Gasteiger partial charge is 0.351 e. The van der Waals surface area contributed by atoms with Crippen molar-refractivity contribution in [1.82, 2.24) is 15.5 Å². The zero-order valence-electron chi connectivity index (χ0n) is 14.7. The average Bonchev–Trinajstić information content (AvgIpc) is 3.16. The highest BCUT2D eigenvalue weighted by Crippen LogP contribution is 2.19. The number of nitrogens with zero attached hydrogens (tertiary/aromatic N) is 2. The number of thioether (sulfide) groups is 1. The number of aromatic nitrogens is 2. The zero-order chi connectivity index (χ0) is 19.8. The van der Waals surface area contributed by atoms with Crippen LogP contribution >= 0.6 is 34.7 Å². The molecular weight excluding hydrogens is 416 g/mol. The fraction of sp³-hybridized carbons (Fsp3) is 0.158. The van der Waals surface area contributed by atoms with E-state index in [-0.39, 0.29) is 16.8 Å². The zero-order valence-corrected chi connectivity index (χ0v) is 17.1. The Labute approximate surface area is 175 Å². The van der Waals surface area contributed by atoms with Gasteiger partial charge in [-0.3, -0.25) is 9.59 Å². The number of hydrogen-bond acceptors (Lipinski definition) is 6. The standard InChI is InChI=1S/C19H17ClN4O2S2/c20-14-7-4-8-15(9-14)22-18(26)19-24-23-17(28-19)12-27-11-16(25)21-10-13-5-2-1-3-6-13/h1-9H,10-12H2,(H,21,25)(H,22,26). The molecule has 0 saturated carbocycles. The van der Waals surface area contributed by atoms with Gasteiger partial charge in [0.2, 0.25) is 10.9 Å². The summed E-state index contributed by atoms with van der Waals surface area (Å²) in [6.07, 6.45) is 0. The second-order valence-corrected chi connectivity index (χ2v) is 8.20. The summed E-state index contributed by atoms with van der Waals surface area (Å²) >= 11 is 8.54. The van der Waals surface area contributed by atoms with E-state index in [0.29, 0.717) is 33.8 Å². The summed E-state index contributed by atoms with van der Waals surface area (Å²) in [7, 11) is 0. The average molecular weight is 433 g/mol. The molecule has 2 aromatic carbocycles. The van der Waals surface area contributed by atoms with Crippen molar-refractivity contribution in [3.63, 3.8) is 0 Å². The maximum Gasteiger partial charge on any atom is 0.286 e. The van der Waals surface area contributed by atoms with Gasteiger partial charge in [0, 0.05) is 23.0 Å². The summed E-state index contributed by atoms with van der Waals surface area (Å²) in [6.45, 7) is 0.507. The van der Waals surface area contributed by atoms with E-state index < -0.39 is 0 Å². The second-order valence-electron chi connectivity index (χ2n) is 5.72. The van der Waals surface area contributed by atoms with Crippen molar-refractivity contribution in [2.75, 3.05) is 11.1 Å². The molecule has 1 aromatic heterocycles. The first kappa shape index (κ1) is 20.3. The molecule has 0 fully saturated rings. The van der Waals surface area contributed by atoms with Gasteiger partial charge in [-0.25, -0.2) is 0 Å². The lowest BCUT2D eigenvalue weighted by Gasteiger charge is -2.04. The maximum absolute atomic E-state index is 12.2. The molecule has 0 bridgehead atoms. The van der Waals surface area contributed by atoms with E-state index in [4.69, 9.17) is 11.6 Å². The van der Waals surface area contributed by atoms with Crippen LogP contribution in [0.15, 0.2) is 54.6 Å². The Kier molecular flexibility index (Phi) is 7.41. The van der Waals surface area contributed by atoms with Gasteiger partial charge in [-0.2, -0.15) is 0 Å². The summed E-state index contributed by atoms with van der Waals surface area (Å²) in [5, 5.41) is 15.0. The van der Waals surface area contributed by atoms with Crippen LogP contribution in [0.25, 0.3) is 0 Å². The molecule has 9 heteroatoms. The van der Waals surface area contributed by atoms with Crippen LogP contribution in [0.2, 0.25) is 5.02 Å². The normalized spacial score (nSPS) is 10.5. The molecule has 0 radical (unpaired) electrons. The van der Waals surface area contributed by atoms with Crippen LogP contribution in [0.3, 0.4) is 0 Å². The third kappa shape index (κ3) is 6.33. The number of amides is 2. The van der Waals surface area contributed by atoms with E-state index >= 15 is 0 Å². The summed E-state index contributed by atoms with van der Waals surface area (Å²) < 4.78 is 0. The van der Waals surface area contributed by atoms with E-state index in [1.807, 2.05) is 30.3 Å². The van der Waals surface area contributed by atoms with Gasteiger partial charge in [-0.1, -0.05) is 59.3 Å². The minimum atomic E-state index is -0.336. The van der Waals surface area contributed by atoms with Gasteiger partial charge < -0.3 is 10.6 Å². The Morgan fingerprint density at radius 1 is 1.07 bits per heavy atom. The first-order valence-corrected chi connectivity index (χ1v) is 10.7. The Morgan fingerprint density at radius 3 is 2.68 bits per heavy atom. The highest BCUT2D eigenvalue weighted by Gasteiger charge is 2.13. The van der Waals surface area contributed by atoms with Gasteiger partial charge in [-0.15, -0.1) is 22.0 Å². The predicted octanol–water partition coefficient (Wildman–Crippen LogP) is 3.99. The van der Waals surface area contributed by atoms with Gasteiger partial charge in [0.05, 0.1) is 5.75 Å². The summed E-state index contributed by atoms with van der Waals surface area (Å²) in [4.78, 5) is 24.1. The highest BCUT2D eigenvalue weighted by molar-refractivity contribution is 7.99. The van der Waals surface area contributed by atoms with Crippen molar-refractivity contribution in [3.05, 3.63) is 75.2 Å². The van der Waals surface area contributed by atoms with Crippen LogP contribution in [0.4, 0.5) is 5.69 Å². The van der Waals surface area contributed by atoms with Crippen molar-refractivity contribution < 1.29 is 9.59 Å². The van der Waals surface area contributed by atoms with E-state index in [0.717, 1.165) is 5.56 Å². The van der Waals surface area contributed by atoms with Gasteiger partial charge in [0.15, 0.2) is 0 Å². The Morgan fingerprint density at radius 2 is 1.89 bits per heavy atom. The van der Waals surface area contributed by atoms with Gasteiger partial charge in [0.25, 0.3) is 5.91 Å². The number of rotatable bonds is 8. The Bertz CT molecular complexity index is 950. The summed E-state index contributed by atoms with van der Waals surface area (Å²) in [5.41, 5.74) is 1.65. The van der Waals surface area contributed by atoms with Crippen molar-refractivity contribution in [3.8, 4) is 0 Å². The van der Waals surface area contributed by atoms with Crippen LogP contribution in [-0.2, 0) is 17.1 Å². The molecule has 0 aliphatic carbocycles. The number of nitrogens with one attached hydrogen (secondary N) is 2. The van der Waals surface area contributed by atoms with Crippen molar-refractivity contribution in [2.45, 2.75) is 12.3 Å². The lowest BCUT2D eigenvalue weighted by atomic mass is 10.2. The number of carbonyl (C=O) groups excluding carboxylic acids is 2. The predicted molar refractivity (Wildman–Crippen MR) is 114 cm³/mol. The van der Waals surface area contributed by atoms with Crippen molar-refractivity contribution >= 4 is 52.2 Å². The van der Waals surface area contributed by atoms with Crippen LogP contribution in [0.5, 0.6) is 0 Å². The quantitative estimate of drug-likeness (QED) is 0.562. The molecule has 1 heterocycles. The van der Waals surface area contributed by atoms with E-state index in [9.17, 15) is 9.59 Å². The molecule has 144 valence electrons. The molecular formula is C19H17ClN4O2S2. The molecule has 0 atom stereocenters. The summed E-state index contributed by atoms with van der Waals surface area (Å²) in [5.74, 6) is 0.450. The fourth-order valence-corrected chi connectivity index (χ4v) is 4.06. The smallest absolute Gasteiger partial charge is 0.286 e. The molecule has 2 N–H and O–H groups in total. The van der Waals surface area contributed by atoms with Gasteiger partial charge in [-0.05, 0) is 23.8 Å². The third-order valence-electron chi connectivity index (χ3n) is 3.53. The molecule has 0 aliphatic heterocycles. The molecule has 3 aromatic rings. The number of halogens is 1. The molecule has 3 rings (SSSR count). The monoisotopic (exact) mass is 432 g/mol. The number of hydrogen-bond donors (Lipinski definition) is 2. The van der Waals surface area contributed by atoms with Crippen LogP contribution in [-0.4, -0.2) is 27.8 Å². The molecule has 0 unspecified atom stereocenters. The summed E-state index contributed by atoms with van der Waals surface area (Å²) in [6, 6.07) is 16.6. The van der Waals surface area contributed by atoms with E-state index in [1.54, 1.807) is 24.3 Å². The first-order chi connectivity index (χ1) is 13.6. The van der Waals surface area contributed by atoms with E-state index in [1.165, 1.54) is 23.1 Å². The SMILES string of the molecule is O=C(CSCc1nnc(C(=O)Nc2cccc(Cl)c2)s1)NCc1ccccc1. The number of benzene rings is 2. The Hall–Kier alpha value is -2.42. The fourth-order valence-electron chi connectivity index (χ4n) is 2.23. The molecule has 0 saturated heterocycles. The highest BCUT2D eigenvalue weighted by atomic mass is 35.5. The molecule has 0 aliphatic rings. The first-order valence-electron chi connectivity index (χ1n) is 8.38. The minimum absolute atomic E-state index is 0.0442. The third-order valence-corrected chi connectivity index (χ3v) is 5.82. The van der Waals surface area contributed by atoms with Crippen molar-refractivity contribution in [1.29, 1.82) is 0 Å². The van der Waals surface area contributed by atoms with E-state index in [2.05, 4.69) is 20.8 Å². The number of carbonyl (C=O) groups is 2. The van der Waals surface area contributed by atoms with Gasteiger partial charge >= 0.3 is 0 Å². The molecule has 0 spiro atoms.